The van der Waals surface area contributed by atoms with Crippen molar-refractivity contribution >= 4 is 34.1 Å². The first-order valence-electron chi connectivity index (χ1n) is 11.6. The zero-order chi connectivity index (χ0) is 23.0. The van der Waals surface area contributed by atoms with Crippen LogP contribution in [0.25, 0.3) is 0 Å². The fourth-order valence-electron chi connectivity index (χ4n) is 3.90. The largest absolute Gasteiger partial charge is 0.486 e. The smallest absolute Gasteiger partial charge is 0.236 e. The summed E-state index contributed by atoms with van der Waals surface area (Å²) >= 11 is 2.85. The lowest BCUT2D eigenvalue weighted by molar-refractivity contribution is -0.113. The van der Waals surface area contributed by atoms with Crippen molar-refractivity contribution < 1.29 is 9.53 Å². The number of ether oxygens (including phenoxy) is 1. The van der Waals surface area contributed by atoms with E-state index in [9.17, 15) is 4.79 Å². The molecule has 0 radical (unpaired) electrons. The number of hydrogen-bond acceptors (Lipinski definition) is 8. The standard InChI is InChI=1S/C23H30N6O2S2/c1-3-16-10-12-18(13-11-16)31-14-19-25-28-23(29(19)4-2)32-15-20(30)24-22-27-26-21(33-22)17-8-6-5-7-9-17/h10-13,17H,3-9,14-15H2,1-2H3,(H,24,27,30). The van der Waals surface area contributed by atoms with Gasteiger partial charge in [-0.2, -0.15) is 0 Å². The van der Waals surface area contributed by atoms with Crippen molar-refractivity contribution in [1.82, 2.24) is 25.0 Å². The molecule has 176 valence electrons. The van der Waals surface area contributed by atoms with E-state index < -0.39 is 0 Å². The number of anilines is 1. The molecule has 2 heterocycles. The highest BCUT2D eigenvalue weighted by Crippen LogP contribution is 2.35. The summed E-state index contributed by atoms with van der Waals surface area (Å²) in [6, 6.07) is 8.07. The number of aryl methyl sites for hydroxylation is 1. The second-order valence-electron chi connectivity index (χ2n) is 8.05. The topological polar surface area (TPSA) is 94.8 Å². The maximum atomic E-state index is 12.5. The lowest BCUT2D eigenvalue weighted by atomic mass is 9.90. The summed E-state index contributed by atoms with van der Waals surface area (Å²) in [5.74, 6) is 2.14. The van der Waals surface area contributed by atoms with E-state index in [1.165, 1.54) is 60.8 Å². The quantitative estimate of drug-likeness (QED) is 0.400. The van der Waals surface area contributed by atoms with Crippen molar-refractivity contribution in [1.29, 1.82) is 0 Å². The minimum atomic E-state index is -0.120. The van der Waals surface area contributed by atoms with Gasteiger partial charge in [0.2, 0.25) is 11.0 Å². The number of aromatic nitrogens is 5. The Labute approximate surface area is 202 Å². The van der Waals surface area contributed by atoms with Crippen LogP contribution in [0.5, 0.6) is 5.75 Å². The van der Waals surface area contributed by atoms with Crippen molar-refractivity contribution in [3.63, 3.8) is 0 Å². The molecule has 1 saturated carbocycles. The van der Waals surface area contributed by atoms with Crippen LogP contribution in [0, 0.1) is 0 Å². The average molecular weight is 487 g/mol. The van der Waals surface area contributed by atoms with Crippen LogP contribution in [0.1, 0.15) is 68.3 Å². The third-order valence-electron chi connectivity index (χ3n) is 5.78. The lowest BCUT2D eigenvalue weighted by Gasteiger charge is -2.18. The fraction of sp³-hybridized carbons (Fsp3) is 0.522. The van der Waals surface area contributed by atoms with Crippen LogP contribution in [0.15, 0.2) is 29.4 Å². The summed E-state index contributed by atoms with van der Waals surface area (Å²) in [7, 11) is 0. The minimum absolute atomic E-state index is 0.120. The molecule has 0 spiro atoms. The van der Waals surface area contributed by atoms with Crippen molar-refractivity contribution in [2.75, 3.05) is 11.1 Å². The van der Waals surface area contributed by atoms with Crippen LogP contribution in [-0.2, 0) is 24.4 Å². The third-order valence-corrected chi connectivity index (χ3v) is 7.75. The van der Waals surface area contributed by atoms with Crippen molar-refractivity contribution in [3.8, 4) is 5.75 Å². The molecule has 10 heteroatoms. The molecule has 0 bridgehead atoms. The van der Waals surface area contributed by atoms with Gasteiger partial charge in [-0.15, -0.1) is 20.4 Å². The van der Waals surface area contributed by atoms with E-state index in [2.05, 4.69) is 44.8 Å². The first-order chi connectivity index (χ1) is 16.2. The van der Waals surface area contributed by atoms with Gasteiger partial charge in [-0.05, 0) is 43.9 Å². The lowest BCUT2D eigenvalue weighted by Crippen LogP contribution is -2.14. The molecule has 0 saturated heterocycles. The number of nitrogens with one attached hydrogen (secondary N) is 1. The number of carbonyl (C=O) groups excluding carboxylic acids is 1. The van der Waals surface area contributed by atoms with E-state index in [1.54, 1.807) is 0 Å². The summed E-state index contributed by atoms with van der Waals surface area (Å²) in [5.41, 5.74) is 1.27. The average Bonchev–Trinajstić information content (AvgIpc) is 3.48. The van der Waals surface area contributed by atoms with Gasteiger partial charge in [-0.3, -0.25) is 10.1 Å². The molecule has 1 aromatic carbocycles. The number of amides is 1. The summed E-state index contributed by atoms with van der Waals surface area (Å²) in [6.45, 7) is 5.18. The zero-order valence-electron chi connectivity index (χ0n) is 19.1. The highest BCUT2D eigenvalue weighted by atomic mass is 32.2. The predicted molar refractivity (Wildman–Crippen MR) is 131 cm³/mol. The van der Waals surface area contributed by atoms with Gasteiger partial charge in [0, 0.05) is 12.5 Å². The van der Waals surface area contributed by atoms with Crippen molar-refractivity contribution in [3.05, 3.63) is 40.7 Å². The van der Waals surface area contributed by atoms with E-state index in [1.807, 2.05) is 23.6 Å². The summed E-state index contributed by atoms with van der Waals surface area (Å²) in [4.78, 5) is 12.5. The second-order valence-corrected chi connectivity index (χ2v) is 10.00. The van der Waals surface area contributed by atoms with Gasteiger partial charge in [0.25, 0.3) is 0 Å². The van der Waals surface area contributed by atoms with E-state index in [4.69, 9.17) is 4.74 Å². The SMILES string of the molecule is CCc1ccc(OCc2nnc(SCC(=O)Nc3nnc(C4CCCCC4)s3)n2CC)cc1. The van der Waals surface area contributed by atoms with Crippen molar-refractivity contribution in [2.45, 2.75) is 76.6 Å². The first kappa shape index (κ1) is 23.7. The Morgan fingerprint density at radius 2 is 1.91 bits per heavy atom. The molecule has 1 aliphatic carbocycles. The number of rotatable bonds is 10. The monoisotopic (exact) mass is 486 g/mol. The van der Waals surface area contributed by atoms with Crippen molar-refractivity contribution in [2.24, 2.45) is 0 Å². The Bertz CT molecular complexity index is 1040. The molecule has 1 N–H and O–H groups in total. The number of thioether (sulfide) groups is 1. The number of hydrogen-bond donors (Lipinski definition) is 1. The number of benzene rings is 1. The third kappa shape index (κ3) is 6.32. The van der Waals surface area contributed by atoms with E-state index >= 15 is 0 Å². The zero-order valence-corrected chi connectivity index (χ0v) is 20.8. The summed E-state index contributed by atoms with van der Waals surface area (Å²) in [6.07, 6.45) is 7.14. The molecule has 3 aromatic rings. The predicted octanol–water partition coefficient (Wildman–Crippen LogP) is 5.07. The molecule has 0 aliphatic heterocycles. The first-order valence-corrected chi connectivity index (χ1v) is 13.4. The van der Waals surface area contributed by atoms with Crippen LogP contribution in [0.3, 0.4) is 0 Å². The Morgan fingerprint density at radius 3 is 2.64 bits per heavy atom. The highest BCUT2D eigenvalue weighted by Gasteiger charge is 2.20. The molecular formula is C23H30N6O2S2. The van der Waals surface area contributed by atoms with Gasteiger partial charge < -0.3 is 9.30 Å². The fourth-order valence-corrected chi connectivity index (χ4v) is 5.65. The summed E-state index contributed by atoms with van der Waals surface area (Å²) in [5, 5.41) is 22.2. The van der Waals surface area contributed by atoms with E-state index in [0.29, 0.717) is 29.4 Å². The van der Waals surface area contributed by atoms with Gasteiger partial charge in [0.15, 0.2) is 11.0 Å². The van der Waals surface area contributed by atoms with Gasteiger partial charge >= 0.3 is 0 Å². The van der Waals surface area contributed by atoms with E-state index in [0.717, 1.165) is 23.0 Å². The Balaban J connectivity index is 1.28. The molecule has 0 atom stereocenters. The molecule has 1 aliphatic rings. The maximum absolute atomic E-state index is 12.5. The van der Waals surface area contributed by atoms with Gasteiger partial charge in [0.05, 0.1) is 5.75 Å². The molecule has 8 nitrogen and oxygen atoms in total. The molecule has 0 unspecified atom stereocenters. The minimum Gasteiger partial charge on any atom is -0.486 e. The van der Waals surface area contributed by atoms with Gasteiger partial charge in [0.1, 0.15) is 17.4 Å². The molecule has 1 amide bonds. The second kappa shape index (κ2) is 11.6. The van der Waals surface area contributed by atoms with Crippen LogP contribution in [0.2, 0.25) is 0 Å². The summed E-state index contributed by atoms with van der Waals surface area (Å²) < 4.78 is 7.86. The molecule has 33 heavy (non-hydrogen) atoms. The molecule has 2 aromatic heterocycles. The van der Waals surface area contributed by atoms with Gasteiger partial charge in [-0.25, -0.2) is 0 Å². The Kier molecular flexibility index (Phi) is 8.33. The molecule has 1 fully saturated rings. The van der Waals surface area contributed by atoms with Crippen LogP contribution in [-0.4, -0.2) is 36.6 Å². The molecule has 4 rings (SSSR count). The normalized spacial score (nSPS) is 14.4. The van der Waals surface area contributed by atoms with E-state index in [-0.39, 0.29) is 11.7 Å². The Morgan fingerprint density at radius 1 is 1.12 bits per heavy atom. The van der Waals surface area contributed by atoms with Gasteiger partial charge in [-0.1, -0.05) is 61.4 Å². The van der Waals surface area contributed by atoms with Crippen LogP contribution in [0.4, 0.5) is 5.13 Å². The number of carbonyl (C=O) groups is 1. The van der Waals surface area contributed by atoms with Crippen LogP contribution >= 0.6 is 23.1 Å². The van der Waals surface area contributed by atoms with Crippen LogP contribution < -0.4 is 10.1 Å². The maximum Gasteiger partial charge on any atom is 0.236 e. The number of nitrogens with zero attached hydrogens (tertiary/aromatic N) is 5. The highest BCUT2D eigenvalue weighted by molar-refractivity contribution is 7.99. The molecular weight excluding hydrogens is 456 g/mol. The Hall–Kier alpha value is -2.46.